The molecule has 178 valence electrons. The van der Waals surface area contributed by atoms with Gasteiger partial charge in [-0.1, -0.05) is 0 Å². The number of hydrogen-bond acceptors (Lipinski definition) is 10. The van der Waals surface area contributed by atoms with Gasteiger partial charge in [-0.05, 0) is 59.5 Å². The molecule has 0 aliphatic carbocycles. The molecule has 0 aliphatic heterocycles. The van der Waals surface area contributed by atoms with Gasteiger partial charge < -0.3 is 23.4 Å². The monoisotopic (exact) mass is 471 g/mol. The minimum atomic E-state index is -1.07. The molecule has 0 aliphatic rings. The Bertz CT molecular complexity index is 259. The van der Waals surface area contributed by atoms with Gasteiger partial charge in [0.05, 0.1) is 21.3 Å². The topological polar surface area (TPSA) is 91.4 Å². The van der Waals surface area contributed by atoms with Gasteiger partial charge in [0.2, 0.25) is 0 Å². The van der Waals surface area contributed by atoms with Crippen LogP contribution in [0.4, 0.5) is 0 Å². The number of carbonyl (C=O) groups excluding carboxylic acids is 2. The number of rotatable bonds is 2. The van der Waals surface area contributed by atoms with Crippen LogP contribution in [-0.4, -0.2) is 103 Å². The van der Waals surface area contributed by atoms with Crippen LogP contribution in [0.5, 0.6) is 0 Å². The minimum absolute atomic E-state index is 0.167. The van der Waals surface area contributed by atoms with Crippen molar-refractivity contribution in [1.29, 1.82) is 0 Å². The molecular weight excluding hydrogens is 426 g/mol. The number of thioether (sulfide) groups is 1. The number of carbonyl (C=O) groups is 2. The first kappa shape index (κ1) is 46.2. The van der Waals surface area contributed by atoms with Crippen molar-refractivity contribution in [2.45, 2.75) is 20.8 Å². The average Bonchev–Trinajstić information content (AvgIpc) is 2.56. The lowest BCUT2D eigenvalue weighted by Gasteiger charge is -1.90. The number of ketones is 1. The van der Waals surface area contributed by atoms with Gasteiger partial charge in [0.1, 0.15) is 5.78 Å². The maximum absolute atomic E-state index is 9.70. The van der Waals surface area contributed by atoms with Crippen LogP contribution in [-0.2, 0) is 38.5 Å². The SMILES string of the molecule is CC(C)=O.CN(C)C.COC.COC(C)=O.COS(C)=O.COSC.CSC. The second-order valence-corrected chi connectivity index (χ2v) is 7.28. The molecule has 0 radical (unpaired) electrons. The van der Waals surface area contributed by atoms with Crippen LogP contribution in [0, 0.1) is 0 Å². The highest BCUT2D eigenvalue weighted by Crippen LogP contribution is 1.84. The fourth-order valence-electron chi connectivity index (χ4n) is 0. The molecule has 0 amide bonds. The molecule has 1 atom stereocenters. The van der Waals surface area contributed by atoms with Crippen LogP contribution in [0.2, 0.25) is 0 Å². The van der Waals surface area contributed by atoms with Crippen LogP contribution in [0.3, 0.4) is 0 Å². The standard InChI is InChI=1S/C3H9N.C3H6O2.C3H6O.C2H6O2S.C2H6OS.C2H6O.C2H6S/c1-4(2)3;1-3(4)5-2;1-3(2)4;1-4-5(2)3;1-3-4-2;2*1-3-2/h1-3H3;1-2H3;1-2H3;1-2H3;1-2H3;2*1-2H3. The Kier molecular flexibility index (Phi) is 92.9. The fourth-order valence-corrected chi connectivity index (χ4v) is 0. The zero-order chi connectivity index (χ0) is 24.6. The first-order valence-corrected chi connectivity index (χ1v) is 11.9. The summed E-state index contributed by atoms with van der Waals surface area (Å²) in [6.45, 7) is 4.42. The fraction of sp³-hybridized carbons (Fsp3) is 0.882. The molecule has 8 nitrogen and oxygen atoms in total. The van der Waals surface area contributed by atoms with Crippen molar-refractivity contribution in [2.24, 2.45) is 0 Å². The van der Waals surface area contributed by atoms with Crippen molar-refractivity contribution in [3.8, 4) is 0 Å². The number of esters is 1. The summed E-state index contributed by atoms with van der Waals surface area (Å²) in [6.07, 6.45) is 7.43. The molecular formula is C17H45NO7S3. The van der Waals surface area contributed by atoms with Crippen molar-refractivity contribution in [3.63, 3.8) is 0 Å². The Morgan fingerprint density at radius 1 is 0.857 bits per heavy atom. The molecule has 0 bridgehead atoms. The quantitative estimate of drug-likeness (QED) is 0.442. The maximum atomic E-state index is 9.70. The Morgan fingerprint density at radius 2 is 0.964 bits per heavy atom. The highest BCUT2D eigenvalue weighted by atomic mass is 32.2. The number of nitrogens with zero attached hydrogens (tertiary/aromatic N) is 1. The van der Waals surface area contributed by atoms with Gasteiger partial charge >= 0.3 is 5.97 Å². The van der Waals surface area contributed by atoms with Crippen LogP contribution in [0.15, 0.2) is 0 Å². The predicted octanol–water partition coefficient (Wildman–Crippen LogP) is 3.03. The molecule has 0 saturated heterocycles. The summed E-state index contributed by atoms with van der Waals surface area (Å²) in [4.78, 5) is 21.0. The average molecular weight is 472 g/mol. The molecule has 0 heterocycles. The van der Waals surface area contributed by atoms with E-state index < -0.39 is 11.1 Å². The lowest BCUT2D eigenvalue weighted by Crippen LogP contribution is -1.99. The van der Waals surface area contributed by atoms with Gasteiger partial charge in [-0.25, -0.2) is 4.21 Å². The summed E-state index contributed by atoms with van der Waals surface area (Å²) in [6, 6.07) is 0. The first-order chi connectivity index (χ1) is 12.7. The third-order valence-corrected chi connectivity index (χ3v) is 1.49. The molecule has 11 heteroatoms. The van der Waals surface area contributed by atoms with E-state index >= 15 is 0 Å². The molecule has 0 fully saturated rings. The highest BCUT2D eigenvalue weighted by molar-refractivity contribution is 7.97. The van der Waals surface area contributed by atoms with E-state index in [9.17, 15) is 13.8 Å². The molecule has 1 unspecified atom stereocenters. The maximum Gasteiger partial charge on any atom is 0.302 e. The molecule has 0 rings (SSSR count). The predicted molar refractivity (Wildman–Crippen MR) is 128 cm³/mol. The third kappa shape index (κ3) is 683. The second-order valence-electron chi connectivity index (χ2n) is 4.66. The summed E-state index contributed by atoms with van der Waals surface area (Å²) in [5, 5.41) is 0. The molecule has 0 spiro atoms. The Labute approximate surface area is 185 Å². The van der Waals surface area contributed by atoms with E-state index in [0.717, 1.165) is 0 Å². The van der Waals surface area contributed by atoms with Crippen molar-refractivity contribution in [1.82, 2.24) is 4.90 Å². The summed E-state index contributed by atoms with van der Waals surface area (Å²) >= 11 is 2.03. The molecule has 0 saturated carbocycles. The number of methoxy groups -OCH3 is 2. The smallest absolute Gasteiger partial charge is 0.302 e. The van der Waals surface area contributed by atoms with Gasteiger partial charge in [-0.2, -0.15) is 11.8 Å². The summed E-state index contributed by atoms with van der Waals surface area (Å²) in [5.74, 6) is -0.0787. The van der Waals surface area contributed by atoms with Crippen molar-refractivity contribution in [2.75, 3.05) is 81.7 Å². The molecule has 0 aromatic heterocycles. The van der Waals surface area contributed by atoms with Crippen LogP contribution >= 0.6 is 23.8 Å². The van der Waals surface area contributed by atoms with E-state index in [1.54, 1.807) is 33.1 Å². The Balaban J connectivity index is -0.0000000371. The Hall–Kier alpha value is -0.170. The molecule has 28 heavy (non-hydrogen) atoms. The summed E-state index contributed by atoms with van der Waals surface area (Å²) in [5.41, 5.74) is 0. The summed E-state index contributed by atoms with van der Waals surface area (Å²) in [7, 11) is 13.6. The molecule has 0 aromatic carbocycles. The largest absolute Gasteiger partial charge is 0.469 e. The second kappa shape index (κ2) is 56.3. The minimum Gasteiger partial charge on any atom is -0.469 e. The number of hydrogen-bond donors (Lipinski definition) is 0. The van der Waals surface area contributed by atoms with Crippen LogP contribution in [0.1, 0.15) is 20.8 Å². The van der Waals surface area contributed by atoms with E-state index in [4.69, 9.17) is 0 Å². The van der Waals surface area contributed by atoms with Gasteiger partial charge in [0.15, 0.2) is 11.1 Å². The van der Waals surface area contributed by atoms with E-state index in [1.165, 1.54) is 53.3 Å². The van der Waals surface area contributed by atoms with Gasteiger partial charge in [0.25, 0.3) is 0 Å². The van der Waals surface area contributed by atoms with Gasteiger partial charge in [-0.15, -0.1) is 0 Å². The van der Waals surface area contributed by atoms with Crippen LogP contribution < -0.4 is 0 Å². The summed E-state index contributed by atoms with van der Waals surface area (Å²) < 4.78 is 26.7. The third-order valence-electron chi connectivity index (χ3n) is 0.689. The Morgan fingerprint density at radius 3 is 0.964 bits per heavy atom. The lowest BCUT2D eigenvalue weighted by molar-refractivity contribution is -0.137. The van der Waals surface area contributed by atoms with E-state index in [0.29, 0.717) is 0 Å². The van der Waals surface area contributed by atoms with E-state index in [2.05, 4.69) is 17.8 Å². The molecule has 0 aromatic rings. The number of Topliss-reactive ketones (excluding diaryl/α,β-unsaturated/α-hetero) is 1. The van der Waals surface area contributed by atoms with Crippen LogP contribution in [0.25, 0.3) is 0 Å². The van der Waals surface area contributed by atoms with Gasteiger partial charge in [0, 0.05) is 33.7 Å². The molecule has 0 N–H and O–H groups in total. The first-order valence-electron chi connectivity index (χ1n) is 7.63. The number of ether oxygens (including phenoxy) is 2. The van der Waals surface area contributed by atoms with Gasteiger partial charge in [-0.3, -0.25) is 8.98 Å². The lowest BCUT2D eigenvalue weighted by atomic mass is 10.6. The normalized spacial score (nSPS) is 8.43. The zero-order valence-electron chi connectivity index (χ0n) is 20.5. The van der Waals surface area contributed by atoms with Crippen molar-refractivity contribution >= 4 is 46.6 Å². The highest BCUT2D eigenvalue weighted by Gasteiger charge is 1.75. The van der Waals surface area contributed by atoms with E-state index in [-0.39, 0.29) is 11.8 Å². The van der Waals surface area contributed by atoms with Crippen molar-refractivity contribution in [3.05, 3.63) is 0 Å². The zero-order valence-corrected chi connectivity index (χ0v) is 23.0. The van der Waals surface area contributed by atoms with E-state index in [1.807, 2.05) is 44.8 Å². The van der Waals surface area contributed by atoms with Crippen molar-refractivity contribution < 1.29 is 31.6 Å².